The van der Waals surface area contributed by atoms with Gasteiger partial charge in [0.25, 0.3) is 0 Å². The molecule has 0 saturated heterocycles. The molecule has 6 heteroatoms. The van der Waals surface area contributed by atoms with Crippen LogP contribution in [0.25, 0.3) is 0 Å². The molecule has 2 rings (SSSR count). The lowest BCUT2D eigenvalue weighted by Crippen LogP contribution is -2.13. The van der Waals surface area contributed by atoms with Gasteiger partial charge in [-0.1, -0.05) is 12.2 Å². The number of pyridine rings is 1. The quantitative estimate of drug-likeness (QED) is 0.840. The van der Waals surface area contributed by atoms with Gasteiger partial charge >= 0.3 is 0 Å². The van der Waals surface area contributed by atoms with Crippen LogP contribution in [0.1, 0.15) is 22.6 Å². The minimum atomic E-state index is 0.339. The first-order chi connectivity index (χ1) is 8.90. The van der Waals surface area contributed by atoms with E-state index in [0.717, 1.165) is 34.2 Å². The lowest BCUT2D eigenvalue weighted by Gasteiger charge is -2.11. The Balaban J connectivity index is 2.46. The van der Waals surface area contributed by atoms with Crippen LogP contribution in [0.15, 0.2) is 12.1 Å². The summed E-state index contributed by atoms with van der Waals surface area (Å²) in [6.45, 7) is 5.81. The minimum Gasteiger partial charge on any atom is -0.389 e. The van der Waals surface area contributed by atoms with Crippen LogP contribution in [0.4, 0.5) is 11.5 Å². The Morgan fingerprint density at radius 2 is 1.95 bits per heavy atom. The Morgan fingerprint density at radius 1 is 1.26 bits per heavy atom. The van der Waals surface area contributed by atoms with Gasteiger partial charge in [-0.05, 0) is 32.9 Å². The van der Waals surface area contributed by atoms with Crippen molar-refractivity contribution in [2.75, 3.05) is 5.32 Å². The van der Waals surface area contributed by atoms with Crippen molar-refractivity contribution in [3.05, 3.63) is 34.8 Å². The Kier molecular flexibility index (Phi) is 3.53. The van der Waals surface area contributed by atoms with E-state index < -0.39 is 0 Å². The van der Waals surface area contributed by atoms with Gasteiger partial charge < -0.3 is 11.1 Å². The molecule has 0 bridgehead atoms. The molecule has 0 aliphatic heterocycles. The molecule has 5 nitrogen and oxygen atoms in total. The fourth-order valence-electron chi connectivity index (χ4n) is 2.04. The van der Waals surface area contributed by atoms with E-state index in [4.69, 9.17) is 18.0 Å². The second-order valence-electron chi connectivity index (χ2n) is 4.51. The van der Waals surface area contributed by atoms with Crippen molar-refractivity contribution >= 4 is 28.7 Å². The van der Waals surface area contributed by atoms with Gasteiger partial charge in [-0.3, -0.25) is 9.67 Å². The van der Waals surface area contributed by atoms with Crippen molar-refractivity contribution in [1.29, 1.82) is 0 Å². The molecule has 0 aliphatic carbocycles. The lowest BCUT2D eigenvalue weighted by atomic mass is 10.2. The Hall–Kier alpha value is -1.95. The number of rotatable bonds is 3. The van der Waals surface area contributed by atoms with E-state index in [1.54, 1.807) is 4.68 Å². The fourth-order valence-corrected chi connectivity index (χ4v) is 2.29. The maximum Gasteiger partial charge on any atom is 0.139 e. The summed E-state index contributed by atoms with van der Waals surface area (Å²) in [4.78, 5) is 4.76. The zero-order valence-electron chi connectivity index (χ0n) is 11.5. The number of hydrogen-bond donors (Lipinski definition) is 2. The van der Waals surface area contributed by atoms with Gasteiger partial charge in [-0.25, -0.2) is 0 Å². The zero-order chi connectivity index (χ0) is 14.2. The topological polar surface area (TPSA) is 68.8 Å². The van der Waals surface area contributed by atoms with Gasteiger partial charge in [0.05, 0.1) is 22.6 Å². The normalized spacial score (nSPS) is 10.5. The Bertz CT molecular complexity index is 645. The summed E-state index contributed by atoms with van der Waals surface area (Å²) in [5.41, 5.74) is 10.2. The molecule has 2 aromatic rings. The van der Waals surface area contributed by atoms with Crippen LogP contribution in [-0.2, 0) is 7.05 Å². The van der Waals surface area contributed by atoms with Gasteiger partial charge in [-0.15, -0.1) is 0 Å². The first-order valence-electron chi connectivity index (χ1n) is 5.95. The number of anilines is 2. The van der Waals surface area contributed by atoms with Crippen molar-refractivity contribution in [3.8, 4) is 0 Å². The summed E-state index contributed by atoms with van der Waals surface area (Å²) in [6, 6.07) is 3.95. The molecule has 19 heavy (non-hydrogen) atoms. The maximum absolute atomic E-state index is 5.77. The molecule has 0 atom stereocenters. The van der Waals surface area contributed by atoms with Crippen LogP contribution in [0.3, 0.4) is 0 Å². The standard InChI is InChI=1S/C13H17N5S/c1-7-5-6-10(8(2)15-7)16-13-11(12(14)19)9(3)17-18(13)4/h5-6,16H,1-4H3,(H2,14,19). The summed E-state index contributed by atoms with van der Waals surface area (Å²) < 4.78 is 1.74. The molecule has 0 saturated carbocycles. The van der Waals surface area contributed by atoms with Gasteiger partial charge in [0.15, 0.2) is 0 Å². The van der Waals surface area contributed by atoms with Crippen LogP contribution in [0.5, 0.6) is 0 Å². The summed E-state index contributed by atoms with van der Waals surface area (Å²) in [7, 11) is 1.86. The number of aryl methyl sites for hydroxylation is 4. The molecular formula is C13H17N5S. The van der Waals surface area contributed by atoms with Crippen LogP contribution < -0.4 is 11.1 Å². The van der Waals surface area contributed by atoms with Crippen molar-refractivity contribution in [3.63, 3.8) is 0 Å². The molecule has 2 aromatic heterocycles. The van der Waals surface area contributed by atoms with E-state index in [9.17, 15) is 0 Å². The highest BCUT2D eigenvalue weighted by Crippen LogP contribution is 2.24. The molecule has 3 N–H and O–H groups in total. The van der Waals surface area contributed by atoms with Crippen LogP contribution in [0.2, 0.25) is 0 Å². The van der Waals surface area contributed by atoms with Gasteiger partial charge in [0.2, 0.25) is 0 Å². The number of nitrogens with two attached hydrogens (primary N) is 1. The largest absolute Gasteiger partial charge is 0.389 e. The summed E-state index contributed by atoms with van der Waals surface area (Å²) in [6.07, 6.45) is 0. The summed E-state index contributed by atoms with van der Waals surface area (Å²) in [5.74, 6) is 0.791. The molecule has 0 spiro atoms. The molecule has 0 aliphatic rings. The second-order valence-corrected chi connectivity index (χ2v) is 4.95. The first kappa shape index (κ1) is 13.5. The van der Waals surface area contributed by atoms with Gasteiger partial charge in [0.1, 0.15) is 10.8 Å². The Morgan fingerprint density at radius 3 is 2.53 bits per heavy atom. The third-order valence-electron chi connectivity index (χ3n) is 2.95. The number of aromatic nitrogens is 3. The molecule has 0 unspecified atom stereocenters. The van der Waals surface area contributed by atoms with Crippen LogP contribution in [0, 0.1) is 20.8 Å². The van der Waals surface area contributed by atoms with E-state index in [1.165, 1.54) is 0 Å². The van der Waals surface area contributed by atoms with E-state index in [2.05, 4.69) is 15.4 Å². The summed E-state index contributed by atoms with van der Waals surface area (Å²) >= 11 is 5.09. The highest BCUT2D eigenvalue weighted by atomic mass is 32.1. The molecule has 2 heterocycles. The zero-order valence-corrected chi connectivity index (χ0v) is 12.3. The molecule has 0 fully saturated rings. The van der Waals surface area contributed by atoms with E-state index >= 15 is 0 Å². The second kappa shape index (κ2) is 4.97. The lowest BCUT2D eigenvalue weighted by molar-refractivity contribution is 0.764. The van der Waals surface area contributed by atoms with E-state index in [0.29, 0.717) is 4.99 Å². The number of hydrogen-bond acceptors (Lipinski definition) is 4. The van der Waals surface area contributed by atoms with Gasteiger partial charge in [0, 0.05) is 12.7 Å². The molecule has 0 amide bonds. The third kappa shape index (κ3) is 2.58. The van der Waals surface area contributed by atoms with E-state index in [1.807, 2.05) is 40.0 Å². The summed E-state index contributed by atoms with van der Waals surface area (Å²) in [5, 5.41) is 7.65. The SMILES string of the molecule is Cc1ccc(Nc2c(C(N)=S)c(C)nn2C)c(C)n1. The van der Waals surface area contributed by atoms with E-state index in [-0.39, 0.29) is 0 Å². The van der Waals surface area contributed by atoms with Crippen LogP contribution >= 0.6 is 12.2 Å². The van der Waals surface area contributed by atoms with Crippen molar-refractivity contribution in [1.82, 2.24) is 14.8 Å². The molecule has 0 aromatic carbocycles. The fraction of sp³-hybridized carbons (Fsp3) is 0.308. The number of thiocarbonyl (C=S) groups is 1. The molecular weight excluding hydrogens is 258 g/mol. The molecule has 100 valence electrons. The highest BCUT2D eigenvalue weighted by molar-refractivity contribution is 7.80. The number of nitrogens with one attached hydrogen (secondary N) is 1. The van der Waals surface area contributed by atoms with Crippen molar-refractivity contribution in [2.45, 2.75) is 20.8 Å². The predicted molar refractivity (Wildman–Crippen MR) is 80.8 cm³/mol. The van der Waals surface area contributed by atoms with Crippen molar-refractivity contribution in [2.24, 2.45) is 12.8 Å². The monoisotopic (exact) mass is 275 g/mol. The maximum atomic E-state index is 5.77. The average Bonchev–Trinajstić information content (AvgIpc) is 2.57. The third-order valence-corrected chi connectivity index (χ3v) is 3.15. The van der Waals surface area contributed by atoms with Crippen LogP contribution in [-0.4, -0.2) is 19.8 Å². The first-order valence-corrected chi connectivity index (χ1v) is 6.35. The average molecular weight is 275 g/mol. The van der Waals surface area contributed by atoms with Crippen molar-refractivity contribution < 1.29 is 0 Å². The predicted octanol–water partition coefficient (Wildman–Crippen LogP) is 2.12. The highest BCUT2D eigenvalue weighted by Gasteiger charge is 2.16. The Labute approximate surface area is 117 Å². The minimum absolute atomic E-state index is 0.339. The smallest absolute Gasteiger partial charge is 0.139 e. The number of nitrogens with zero attached hydrogens (tertiary/aromatic N) is 3. The molecule has 0 radical (unpaired) electrons. The van der Waals surface area contributed by atoms with Gasteiger partial charge in [-0.2, -0.15) is 5.10 Å².